The zero-order chi connectivity index (χ0) is 16.3. The van der Waals surface area contributed by atoms with E-state index in [0.717, 1.165) is 0 Å². The van der Waals surface area contributed by atoms with Crippen LogP contribution in [-0.2, 0) is 0 Å². The van der Waals surface area contributed by atoms with Crippen molar-refractivity contribution >= 4 is 17.8 Å². The van der Waals surface area contributed by atoms with Crippen molar-refractivity contribution in [1.82, 2.24) is 9.97 Å². The first-order chi connectivity index (χ1) is 10.4. The fourth-order valence-corrected chi connectivity index (χ4v) is 1.70. The van der Waals surface area contributed by atoms with Crippen LogP contribution in [0.25, 0.3) is 12.2 Å². The van der Waals surface area contributed by atoms with Gasteiger partial charge in [0.25, 0.3) is 5.88 Å². The Balaban J connectivity index is 2.33. The summed E-state index contributed by atoms with van der Waals surface area (Å²) in [6.07, 6.45) is 2.81. The fourth-order valence-electron chi connectivity index (χ4n) is 1.70. The SMILES string of the molecule is COc1ccc(/C=C/c2nc(O)c([N+](=O)[O-])c(=O)[nH]2)cc1O. The molecular formula is C13H11N3O6. The predicted octanol–water partition coefficient (Wildman–Crippen LogP) is 1.27. The maximum atomic E-state index is 11.5. The third-order valence-corrected chi connectivity index (χ3v) is 2.71. The molecule has 0 atom stereocenters. The summed E-state index contributed by atoms with van der Waals surface area (Å²) < 4.78 is 4.90. The summed E-state index contributed by atoms with van der Waals surface area (Å²) in [5.41, 5.74) is -1.51. The molecule has 1 heterocycles. The van der Waals surface area contributed by atoms with Crippen LogP contribution in [0.2, 0.25) is 0 Å². The van der Waals surface area contributed by atoms with Gasteiger partial charge in [-0.2, -0.15) is 4.98 Å². The molecule has 9 heteroatoms. The summed E-state index contributed by atoms with van der Waals surface area (Å²) >= 11 is 0. The average Bonchev–Trinajstić information content (AvgIpc) is 2.44. The Kier molecular flexibility index (Phi) is 4.07. The van der Waals surface area contributed by atoms with E-state index in [2.05, 4.69) is 9.97 Å². The molecule has 22 heavy (non-hydrogen) atoms. The number of H-pyrrole nitrogens is 1. The molecule has 0 aliphatic heterocycles. The molecule has 2 aromatic rings. The maximum absolute atomic E-state index is 11.5. The number of aromatic nitrogens is 2. The van der Waals surface area contributed by atoms with E-state index in [1.54, 1.807) is 12.1 Å². The van der Waals surface area contributed by atoms with Crippen molar-refractivity contribution < 1.29 is 19.9 Å². The van der Waals surface area contributed by atoms with Gasteiger partial charge in [-0.15, -0.1) is 0 Å². The summed E-state index contributed by atoms with van der Waals surface area (Å²) in [5.74, 6) is -0.802. The molecule has 2 rings (SSSR count). The van der Waals surface area contributed by atoms with Gasteiger partial charge in [0.15, 0.2) is 11.5 Å². The van der Waals surface area contributed by atoms with Crippen LogP contribution in [0.3, 0.4) is 0 Å². The standard InChI is InChI=1S/C13H11N3O6/c1-22-9-4-2-7(6-8(9)17)3-5-10-14-12(18)11(16(20)21)13(19)15-10/h2-6,17H,1H3,(H2,14,15,18,19)/b5-3+. The number of nitrogens with one attached hydrogen (secondary N) is 1. The number of benzene rings is 1. The molecule has 0 bridgehead atoms. The third-order valence-electron chi connectivity index (χ3n) is 2.71. The average molecular weight is 305 g/mol. The van der Waals surface area contributed by atoms with Gasteiger partial charge in [-0.05, 0) is 23.8 Å². The second kappa shape index (κ2) is 5.95. The van der Waals surface area contributed by atoms with Crippen LogP contribution >= 0.6 is 0 Å². The molecule has 0 unspecified atom stereocenters. The van der Waals surface area contributed by atoms with Crippen LogP contribution in [0.1, 0.15) is 11.4 Å². The van der Waals surface area contributed by atoms with Gasteiger partial charge < -0.3 is 19.9 Å². The molecule has 0 aliphatic carbocycles. The molecule has 0 amide bonds. The van der Waals surface area contributed by atoms with Gasteiger partial charge >= 0.3 is 11.2 Å². The van der Waals surface area contributed by atoms with Gasteiger partial charge in [-0.1, -0.05) is 12.1 Å². The van der Waals surface area contributed by atoms with E-state index in [1.165, 1.54) is 25.3 Å². The Morgan fingerprint density at radius 1 is 1.36 bits per heavy atom. The van der Waals surface area contributed by atoms with Gasteiger partial charge in [0.2, 0.25) is 0 Å². The number of hydrogen-bond donors (Lipinski definition) is 3. The zero-order valence-corrected chi connectivity index (χ0v) is 11.3. The summed E-state index contributed by atoms with van der Waals surface area (Å²) in [7, 11) is 1.42. The van der Waals surface area contributed by atoms with E-state index in [1.807, 2.05) is 0 Å². The molecule has 1 aromatic heterocycles. The summed E-state index contributed by atoms with van der Waals surface area (Å²) in [4.78, 5) is 26.7. The number of hydrogen-bond acceptors (Lipinski definition) is 7. The van der Waals surface area contributed by atoms with Crippen LogP contribution < -0.4 is 10.3 Å². The van der Waals surface area contributed by atoms with Gasteiger partial charge in [0.05, 0.1) is 12.0 Å². The number of nitro groups is 1. The van der Waals surface area contributed by atoms with Crippen LogP contribution in [-0.4, -0.2) is 32.2 Å². The smallest absolute Gasteiger partial charge is 0.395 e. The number of aromatic hydroxyl groups is 2. The minimum atomic E-state index is -1.06. The Bertz CT molecular complexity index is 812. The lowest BCUT2D eigenvalue weighted by atomic mass is 10.2. The summed E-state index contributed by atoms with van der Waals surface area (Å²) in [6, 6.07) is 4.59. The first kappa shape index (κ1) is 15.0. The number of phenolic OH excluding ortho intramolecular Hbond substituents is 1. The van der Waals surface area contributed by atoms with Crippen molar-refractivity contribution in [1.29, 1.82) is 0 Å². The molecule has 9 nitrogen and oxygen atoms in total. The van der Waals surface area contributed by atoms with Crippen molar-refractivity contribution in [3.8, 4) is 17.4 Å². The molecule has 3 N–H and O–H groups in total. The molecule has 0 saturated heterocycles. The highest BCUT2D eigenvalue weighted by atomic mass is 16.6. The number of phenols is 1. The molecule has 0 fully saturated rings. The molecule has 0 radical (unpaired) electrons. The van der Waals surface area contributed by atoms with Gasteiger partial charge in [0.1, 0.15) is 5.82 Å². The highest BCUT2D eigenvalue weighted by Gasteiger charge is 2.21. The molecular weight excluding hydrogens is 294 g/mol. The molecule has 1 aromatic carbocycles. The fraction of sp³-hybridized carbons (Fsp3) is 0.0769. The lowest BCUT2D eigenvalue weighted by molar-refractivity contribution is -0.387. The van der Waals surface area contributed by atoms with Crippen LogP contribution in [0.15, 0.2) is 23.0 Å². The van der Waals surface area contributed by atoms with E-state index < -0.39 is 22.0 Å². The van der Waals surface area contributed by atoms with E-state index in [0.29, 0.717) is 11.3 Å². The highest BCUT2D eigenvalue weighted by Crippen LogP contribution is 2.27. The van der Waals surface area contributed by atoms with Crippen molar-refractivity contribution in [3.63, 3.8) is 0 Å². The highest BCUT2D eigenvalue weighted by molar-refractivity contribution is 5.68. The Morgan fingerprint density at radius 2 is 2.09 bits per heavy atom. The van der Waals surface area contributed by atoms with Crippen LogP contribution in [0.5, 0.6) is 17.4 Å². The van der Waals surface area contributed by atoms with Gasteiger partial charge in [0, 0.05) is 0 Å². The van der Waals surface area contributed by atoms with Crippen LogP contribution in [0, 0.1) is 10.1 Å². The lowest BCUT2D eigenvalue weighted by Gasteiger charge is -2.03. The lowest BCUT2D eigenvalue weighted by Crippen LogP contribution is -2.14. The Morgan fingerprint density at radius 3 is 2.64 bits per heavy atom. The van der Waals surface area contributed by atoms with Crippen molar-refractivity contribution in [2.75, 3.05) is 7.11 Å². The second-order valence-electron chi connectivity index (χ2n) is 4.15. The minimum Gasteiger partial charge on any atom is -0.504 e. The van der Waals surface area contributed by atoms with Gasteiger partial charge in [-0.25, -0.2) is 0 Å². The minimum absolute atomic E-state index is 0.0663. The molecule has 0 aliphatic rings. The van der Waals surface area contributed by atoms with Crippen LogP contribution in [0.4, 0.5) is 5.69 Å². The third kappa shape index (κ3) is 3.03. The number of methoxy groups -OCH3 is 1. The summed E-state index contributed by atoms with van der Waals surface area (Å²) in [6.45, 7) is 0. The quantitative estimate of drug-likeness (QED) is 0.571. The van der Waals surface area contributed by atoms with Crippen molar-refractivity contribution in [2.24, 2.45) is 0 Å². The Hall–Kier alpha value is -3.36. The number of aromatic amines is 1. The molecule has 0 spiro atoms. The number of rotatable bonds is 4. The molecule has 114 valence electrons. The van der Waals surface area contributed by atoms with E-state index in [4.69, 9.17) is 4.74 Å². The number of ether oxygens (including phenoxy) is 1. The van der Waals surface area contributed by atoms with Crippen molar-refractivity contribution in [3.05, 3.63) is 50.1 Å². The Labute approximate surface area is 123 Å². The maximum Gasteiger partial charge on any atom is 0.395 e. The van der Waals surface area contributed by atoms with Crippen molar-refractivity contribution in [2.45, 2.75) is 0 Å². The predicted molar refractivity (Wildman–Crippen MR) is 76.8 cm³/mol. The van der Waals surface area contributed by atoms with Gasteiger partial charge in [-0.3, -0.25) is 14.9 Å². The second-order valence-corrected chi connectivity index (χ2v) is 4.15. The first-order valence-electron chi connectivity index (χ1n) is 5.95. The van der Waals surface area contributed by atoms with E-state index in [9.17, 15) is 25.1 Å². The summed E-state index contributed by atoms with van der Waals surface area (Å²) in [5, 5.41) is 29.6. The van der Waals surface area contributed by atoms with E-state index in [-0.39, 0.29) is 11.6 Å². The normalized spacial score (nSPS) is 10.8. The monoisotopic (exact) mass is 305 g/mol. The zero-order valence-electron chi connectivity index (χ0n) is 11.3. The topological polar surface area (TPSA) is 139 Å². The number of nitrogens with zero attached hydrogens (tertiary/aromatic N) is 2. The van der Waals surface area contributed by atoms with E-state index >= 15 is 0 Å². The molecule has 0 saturated carbocycles. The first-order valence-corrected chi connectivity index (χ1v) is 5.95. The largest absolute Gasteiger partial charge is 0.504 e.